The summed E-state index contributed by atoms with van der Waals surface area (Å²) >= 11 is 15.8. The molecule has 0 spiro atoms. The standard InChI is InChI=1S/C80H86N2S8/c1-9-17-27-53-55(29-19-11-3)75-67-47-49-71(85-67)79-59(33-23-15-7)57(31-21-13-5)77(89-79)69-45-43-65(83-69)61-41-39-51-37-38-52-40-42-62(82-74(52)73(51)81-61)66-44-46-70(84-66)78-58(32-22-14-6)60(34-24-16-8)80(90-78)72-50-48-68(86-72)76-56(30-20-12-4)54(28-18-10-2)64(88-76)36-26-25-35-63(53)87-75/h37-50H,9-24,27-34H2,1-8H3. The first kappa shape index (κ1) is 64.8. The van der Waals surface area contributed by atoms with Gasteiger partial charge in [0.25, 0.3) is 0 Å². The first-order valence-corrected chi connectivity index (χ1v) is 40.6. The summed E-state index contributed by atoms with van der Waals surface area (Å²) in [6.07, 6.45) is 27.5. The second-order valence-electron chi connectivity index (χ2n) is 24.5. The Bertz CT molecular complexity index is 4510. The Morgan fingerprint density at radius 2 is 0.489 bits per heavy atom. The molecule has 0 radical (unpaired) electrons. The van der Waals surface area contributed by atoms with E-state index < -0.39 is 0 Å². The Labute approximate surface area is 566 Å². The van der Waals surface area contributed by atoms with Gasteiger partial charge in [0, 0.05) is 67.2 Å². The van der Waals surface area contributed by atoms with Crippen LogP contribution in [0.5, 0.6) is 0 Å². The van der Waals surface area contributed by atoms with Crippen LogP contribution in [0.1, 0.15) is 203 Å². The average molecular weight is 1330 g/mol. The Hall–Kier alpha value is -5.24. The van der Waals surface area contributed by atoms with Gasteiger partial charge in [0.1, 0.15) is 0 Å². The molecule has 0 aliphatic heterocycles. The van der Waals surface area contributed by atoms with Crippen molar-refractivity contribution < 1.29 is 0 Å². The van der Waals surface area contributed by atoms with Crippen molar-refractivity contribution in [2.24, 2.45) is 0 Å². The minimum absolute atomic E-state index is 0.968. The molecule has 2 nitrogen and oxygen atoms in total. The largest absolute Gasteiger partial charge is 0.245 e. The van der Waals surface area contributed by atoms with Crippen LogP contribution in [0.3, 0.4) is 0 Å². The van der Waals surface area contributed by atoms with Crippen LogP contribution in [0.25, 0.3) is 108 Å². The molecule has 0 aliphatic carbocycles. The van der Waals surface area contributed by atoms with E-state index >= 15 is 0 Å². The van der Waals surface area contributed by atoms with Gasteiger partial charge in [-0.3, -0.25) is 0 Å². The number of fused-ring (bicyclic) bond motifs is 26. The van der Waals surface area contributed by atoms with E-state index in [1.807, 2.05) is 90.7 Å². The molecular formula is C80H86N2S8. The number of hydrogen-bond acceptors (Lipinski definition) is 10. The molecule has 0 fully saturated rings. The van der Waals surface area contributed by atoms with Crippen LogP contribution in [0.15, 0.2) is 84.9 Å². The van der Waals surface area contributed by atoms with Crippen LogP contribution in [0.4, 0.5) is 0 Å². The van der Waals surface area contributed by atoms with Gasteiger partial charge < -0.3 is 0 Å². The number of aryl methyl sites for hydroxylation is 8. The van der Waals surface area contributed by atoms with Crippen molar-refractivity contribution in [2.75, 3.05) is 0 Å². The van der Waals surface area contributed by atoms with Gasteiger partial charge in [-0.15, -0.1) is 90.7 Å². The van der Waals surface area contributed by atoms with Gasteiger partial charge in [0.15, 0.2) is 0 Å². The summed E-state index contributed by atoms with van der Waals surface area (Å²) in [7, 11) is 0. The van der Waals surface area contributed by atoms with E-state index in [1.165, 1.54) is 175 Å². The summed E-state index contributed by atoms with van der Waals surface area (Å²) in [5.74, 6) is 0. The molecule has 90 heavy (non-hydrogen) atoms. The van der Waals surface area contributed by atoms with Crippen LogP contribution in [-0.4, -0.2) is 9.97 Å². The van der Waals surface area contributed by atoms with Crippen molar-refractivity contribution in [3.8, 4) is 0 Å². The number of pyridine rings is 2. The quantitative estimate of drug-likeness (QED) is 0.0564. The molecule has 0 aliphatic rings. The SMILES string of the molecule is CCCCc1c(CCCC)c2sc1c#cc#cc1sc(c(CCCC)c1CCCC)c1ccc(s1)c1sc(c(CCCC)c1CCCC)c1ccc(s1)c1ccc3ccc4ccc(nc4c3n1)c1ccc(s1)c1sc(c(CCCC)c1CCCC)c1ccc2s1. The van der Waals surface area contributed by atoms with Gasteiger partial charge in [-0.05, 0) is 232 Å². The summed E-state index contributed by atoms with van der Waals surface area (Å²) < 4.78 is 21.8. The highest BCUT2D eigenvalue weighted by Crippen LogP contribution is 2.46. The fourth-order valence-corrected chi connectivity index (χ4v) is 23.0. The molecule has 11 heterocycles. The number of thiophene rings is 8. The maximum Gasteiger partial charge on any atom is 0.0972 e. The average Bonchev–Trinajstić information content (AvgIpc) is 1.50. The van der Waals surface area contributed by atoms with E-state index in [9.17, 15) is 0 Å². The zero-order valence-electron chi connectivity index (χ0n) is 54.2. The lowest BCUT2D eigenvalue weighted by atomic mass is 9.99. The van der Waals surface area contributed by atoms with Crippen molar-refractivity contribution in [1.82, 2.24) is 9.97 Å². The maximum absolute atomic E-state index is 5.55. The summed E-state index contributed by atoms with van der Waals surface area (Å²) in [5, 5.41) is 2.24. The third kappa shape index (κ3) is 13.7. The van der Waals surface area contributed by atoms with E-state index in [0.717, 1.165) is 110 Å². The number of benzene rings is 1. The molecule has 0 unspecified atom stereocenters. The molecule has 0 N–H and O–H groups in total. The van der Waals surface area contributed by atoms with Gasteiger partial charge in [-0.25, -0.2) is 9.97 Å². The van der Waals surface area contributed by atoms with Crippen molar-refractivity contribution in [3.05, 3.63) is 154 Å². The van der Waals surface area contributed by atoms with Gasteiger partial charge >= 0.3 is 0 Å². The smallest absolute Gasteiger partial charge is 0.0972 e. The zero-order chi connectivity index (χ0) is 62.1. The first-order chi connectivity index (χ1) is 44.3. The molecule has 12 rings (SSSR count). The number of nitrogens with zero attached hydrogens (tertiary/aromatic N) is 2. The molecule has 0 amide bonds. The lowest BCUT2D eigenvalue weighted by molar-refractivity contribution is 0.767. The molecule has 464 valence electrons. The number of unbranched alkanes of at least 4 members (excludes halogenated alkanes) is 8. The van der Waals surface area contributed by atoms with Crippen molar-refractivity contribution in [1.29, 1.82) is 0 Å². The molecule has 11 aromatic heterocycles. The lowest BCUT2D eigenvalue weighted by Crippen LogP contribution is -1.91. The molecule has 0 saturated carbocycles. The molecule has 0 saturated heterocycles. The normalized spacial score (nSPS) is 11.8. The van der Waals surface area contributed by atoms with Crippen molar-refractivity contribution in [3.63, 3.8) is 0 Å². The minimum atomic E-state index is 0.968. The molecule has 12 aromatic rings. The summed E-state index contributed by atoms with van der Waals surface area (Å²) in [6.45, 7) is 18.7. The third-order valence-corrected chi connectivity index (χ3v) is 28.3. The number of aromatic nitrogens is 2. The molecular weight excluding hydrogens is 1250 g/mol. The maximum atomic E-state index is 5.55. The summed E-state index contributed by atoms with van der Waals surface area (Å²) in [6, 6.07) is 47.3. The van der Waals surface area contributed by atoms with Gasteiger partial charge in [-0.1, -0.05) is 131 Å². The van der Waals surface area contributed by atoms with Crippen LogP contribution in [-0.2, 0) is 51.4 Å². The second kappa shape index (κ2) is 30.7. The van der Waals surface area contributed by atoms with Crippen LogP contribution in [0.2, 0.25) is 0 Å². The predicted octanol–water partition coefficient (Wildman–Crippen LogP) is 28.1. The van der Waals surface area contributed by atoms with E-state index in [2.05, 4.69) is 165 Å². The Morgan fingerprint density at radius 3 is 0.778 bits per heavy atom. The fourth-order valence-electron chi connectivity index (χ4n) is 12.9. The van der Waals surface area contributed by atoms with Gasteiger partial charge in [0.05, 0.1) is 40.9 Å². The van der Waals surface area contributed by atoms with Crippen LogP contribution >= 0.6 is 90.7 Å². The predicted molar refractivity (Wildman–Crippen MR) is 412 cm³/mol. The molecule has 20 bridgehead atoms. The molecule has 1 aromatic carbocycles. The van der Waals surface area contributed by atoms with Crippen LogP contribution < -0.4 is 0 Å². The van der Waals surface area contributed by atoms with Crippen molar-refractivity contribution >= 4 is 199 Å². The van der Waals surface area contributed by atoms with E-state index in [-0.39, 0.29) is 0 Å². The fraction of sp³-hybridized carbons (Fsp3) is 0.400. The Morgan fingerprint density at radius 1 is 0.256 bits per heavy atom. The number of rotatable bonds is 24. The van der Waals surface area contributed by atoms with E-state index in [0.29, 0.717) is 0 Å². The van der Waals surface area contributed by atoms with Gasteiger partial charge in [-0.2, -0.15) is 0 Å². The highest BCUT2D eigenvalue weighted by atomic mass is 32.1. The van der Waals surface area contributed by atoms with Crippen LogP contribution in [0, 0.1) is 24.3 Å². The summed E-state index contributed by atoms with van der Waals surface area (Å²) in [5.41, 5.74) is 16.2. The minimum Gasteiger partial charge on any atom is -0.245 e. The second-order valence-corrected chi connectivity index (χ2v) is 32.9. The molecule has 10 heteroatoms. The highest BCUT2D eigenvalue weighted by molar-refractivity contribution is 7.36. The monoisotopic (exact) mass is 1330 g/mol. The zero-order valence-corrected chi connectivity index (χ0v) is 60.7. The Kier molecular flexibility index (Phi) is 22.1. The van der Waals surface area contributed by atoms with Crippen molar-refractivity contribution in [2.45, 2.75) is 209 Å². The topological polar surface area (TPSA) is 25.8 Å². The van der Waals surface area contributed by atoms with Gasteiger partial charge in [0.2, 0.25) is 0 Å². The molecule has 0 atom stereocenters. The van der Waals surface area contributed by atoms with E-state index in [1.54, 1.807) is 22.3 Å². The highest BCUT2D eigenvalue weighted by Gasteiger charge is 2.21. The third-order valence-electron chi connectivity index (χ3n) is 17.9. The Balaban J connectivity index is 1.17. The first-order valence-electron chi connectivity index (χ1n) is 34.0. The number of hydrogen-bond donors (Lipinski definition) is 0. The summed E-state index contributed by atoms with van der Waals surface area (Å²) in [4.78, 5) is 11.1. The lowest BCUT2D eigenvalue weighted by Gasteiger charge is -2.05. The van der Waals surface area contributed by atoms with E-state index in [4.69, 9.17) is 9.97 Å².